The Bertz CT molecular complexity index is 1470. The number of ether oxygens (including phenoxy) is 2. The van der Waals surface area contributed by atoms with E-state index in [1.807, 2.05) is 79.7 Å². The Morgan fingerprint density at radius 3 is 2.62 bits per heavy atom. The third kappa shape index (κ3) is 4.43. The van der Waals surface area contributed by atoms with Crippen LogP contribution in [0.5, 0.6) is 11.5 Å². The number of carbonyl (C=O) groups excluding carboxylic acids is 1. The van der Waals surface area contributed by atoms with Crippen molar-refractivity contribution in [2.75, 3.05) is 18.6 Å². The van der Waals surface area contributed by atoms with Crippen LogP contribution in [0.1, 0.15) is 11.3 Å². The summed E-state index contributed by atoms with van der Waals surface area (Å²) in [6.45, 7) is 2.20. The number of methoxy groups -OCH3 is 1. The van der Waals surface area contributed by atoms with Crippen molar-refractivity contribution in [2.24, 2.45) is 0 Å². The van der Waals surface area contributed by atoms with E-state index in [-0.39, 0.29) is 12.5 Å². The first kappa shape index (κ1) is 21.9. The van der Waals surface area contributed by atoms with Crippen LogP contribution in [0.2, 0.25) is 0 Å². The first-order valence-electron chi connectivity index (χ1n) is 10.9. The quantitative estimate of drug-likeness (QED) is 0.303. The second-order valence-corrected chi connectivity index (χ2v) is 8.84. The molecule has 0 aliphatic rings. The van der Waals surface area contributed by atoms with Gasteiger partial charge in [0.25, 0.3) is 5.91 Å². The number of hydrogen-bond donors (Lipinski definition) is 0. The van der Waals surface area contributed by atoms with Gasteiger partial charge in [-0.25, -0.2) is 4.98 Å². The molecule has 0 saturated heterocycles. The molecule has 0 N–H and O–H groups in total. The lowest BCUT2D eigenvalue weighted by Crippen LogP contribution is -2.34. The first-order chi connectivity index (χ1) is 16.6. The minimum Gasteiger partial charge on any atom is -0.494 e. The highest BCUT2D eigenvalue weighted by atomic mass is 32.1. The van der Waals surface area contributed by atoms with Crippen LogP contribution in [0.15, 0.2) is 79.0 Å². The Kier molecular flexibility index (Phi) is 6.10. The molecule has 0 fully saturated rings. The maximum Gasteiger partial charge on any atom is 0.267 e. The van der Waals surface area contributed by atoms with Gasteiger partial charge in [-0.1, -0.05) is 53.8 Å². The number of aryl methyl sites for hydroxylation is 1. The average molecular weight is 470 g/mol. The van der Waals surface area contributed by atoms with Gasteiger partial charge >= 0.3 is 0 Å². The minimum atomic E-state index is -0.200. The molecule has 0 bridgehead atoms. The molecule has 34 heavy (non-hydrogen) atoms. The summed E-state index contributed by atoms with van der Waals surface area (Å²) in [6, 6.07) is 23.4. The van der Waals surface area contributed by atoms with Crippen molar-refractivity contribution in [1.29, 1.82) is 0 Å². The number of amides is 1. The van der Waals surface area contributed by atoms with Crippen molar-refractivity contribution >= 4 is 43.4 Å². The molecule has 0 spiro atoms. The summed E-state index contributed by atoms with van der Waals surface area (Å²) in [5, 5.41) is 2.77. The first-order valence-corrected chi connectivity index (χ1v) is 11.7. The standard InChI is InChI=1S/C27H23N3O3S/c1-18-10-13-23(32-2)25-26(18)34-27(29-25)30(16-21-9-5-6-14-28-21)24(31)17-33-22-12-11-19-7-3-4-8-20(19)15-22/h3-15H,16-17H2,1-2H3. The number of thiazole rings is 1. The van der Waals surface area contributed by atoms with E-state index in [2.05, 4.69) is 4.98 Å². The number of benzene rings is 3. The van der Waals surface area contributed by atoms with E-state index in [4.69, 9.17) is 14.5 Å². The van der Waals surface area contributed by atoms with E-state index in [9.17, 15) is 4.79 Å². The van der Waals surface area contributed by atoms with Crippen molar-refractivity contribution in [2.45, 2.75) is 13.5 Å². The lowest BCUT2D eigenvalue weighted by molar-refractivity contribution is -0.120. The number of nitrogens with zero attached hydrogens (tertiary/aromatic N) is 3. The maximum atomic E-state index is 13.4. The molecule has 0 radical (unpaired) electrons. The molecule has 0 atom stereocenters. The molecule has 170 valence electrons. The van der Waals surface area contributed by atoms with Crippen molar-refractivity contribution in [3.63, 3.8) is 0 Å². The summed E-state index contributed by atoms with van der Waals surface area (Å²) in [5.41, 5.74) is 2.60. The normalized spacial score (nSPS) is 11.0. The zero-order valence-corrected chi connectivity index (χ0v) is 19.7. The van der Waals surface area contributed by atoms with Crippen LogP contribution >= 0.6 is 11.3 Å². The van der Waals surface area contributed by atoms with E-state index < -0.39 is 0 Å². The third-order valence-corrected chi connectivity index (χ3v) is 6.79. The molecule has 3 aromatic carbocycles. The van der Waals surface area contributed by atoms with Gasteiger partial charge in [0.05, 0.1) is 24.0 Å². The fourth-order valence-corrected chi connectivity index (χ4v) is 4.84. The number of fused-ring (bicyclic) bond motifs is 2. The predicted molar refractivity (Wildman–Crippen MR) is 136 cm³/mol. The van der Waals surface area contributed by atoms with Gasteiger partial charge in [0.15, 0.2) is 11.7 Å². The molecule has 0 saturated carbocycles. The van der Waals surface area contributed by atoms with E-state index >= 15 is 0 Å². The Morgan fingerprint density at radius 1 is 1.00 bits per heavy atom. The molecule has 0 aliphatic carbocycles. The predicted octanol–water partition coefficient (Wildman–Crippen LogP) is 5.77. The smallest absolute Gasteiger partial charge is 0.267 e. The molecule has 2 aromatic heterocycles. The van der Waals surface area contributed by atoms with Crippen LogP contribution < -0.4 is 14.4 Å². The highest BCUT2D eigenvalue weighted by Gasteiger charge is 2.23. The van der Waals surface area contributed by atoms with Gasteiger partial charge in [-0.15, -0.1) is 0 Å². The van der Waals surface area contributed by atoms with E-state index in [1.165, 1.54) is 11.3 Å². The molecule has 7 heteroatoms. The summed E-state index contributed by atoms with van der Waals surface area (Å²) in [7, 11) is 1.62. The third-order valence-electron chi connectivity index (χ3n) is 5.57. The number of rotatable bonds is 7. The summed E-state index contributed by atoms with van der Waals surface area (Å²) >= 11 is 1.46. The molecular weight excluding hydrogens is 446 g/mol. The topological polar surface area (TPSA) is 64.5 Å². The molecule has 2 heterocycles. The maximum absolute atomic E-state index is 13.4. The number of hydrogen-bond acceptors (Lipinski definition) is 6. The fraction of sp³-hybridized carbons (Fsp3) is 0.148. The van der Waals surface area contributed by atoms with Gasteiger partial charge in [0.2, 0.25) is 0 Å². The Balaban J connectivity index is 1.45. The van der Waals surface area contributed by atoms with Gasteiger partial charge in [0, 0.05) is 6.20 Å². The van der Waals surface area contributed by atoms with Crippen molar-refractivity contribution < 1.29 is 14.3 Å². The Hall–Kier alpha value is -3.97. The number of pyridine rings is 1. The fourth-order valence-electron chi connectivity index (χ4n) is 3.77. The molecule has 5 aromatic rings. The summed E-state index contributed by atoms with van der Waals surface area (Å²) in [4.78, 5) is 24.2. The van der Waals surface area contributed by atoms with Crippen LogP contribution in [-0.2, 0) is 11.3 Å². The van der Waals surface area contributed by atoms with E-state index in [1.54, 1.807) is 18.2 Å². The molecule has 5 rings (SSSR count). The van der Waals surface area contributed by atoms with Gasteiger partial charge in [-0.3, -0.25) is 14.7 Å². The molecule has 6 nitrogen and oxygen atoms in total. The zero-order chi connectivity index (χ0) is 23.5. The second kappa shape index (κ2) is 9.49. The Labute approximate surface area is 201 Å². The van der Waals surface area contributed by atoms with E-state index in [0.717, 1.165) is 32.2 Å². The lowest BCUT2D eigenvalue weighted by atomic mass is 10.1. The SMILES string of the molecule is COc1ccc(C)c2sc(N(Cc3ccccn3)C(=O)COc3ccc4ccccc4c3)nc12. The monoisotopic (exact) mass is 469 g/mol. The van der Waals surface area contributed by atoms with Crippen molar-refractivity contribution in [3.05, 3.63) is 90.3 Å². The molecule has 0 unspecified atom stereocenters. The van der Waals surface area contributed by atoms with Gasteiger partial charge in [-0.05, 0) is 53.6 Å². The van der Waals surface area contributed by atoms with Gasteiger partial charge < -0.3 is 9.47 Å². The lowest BCUT2D eigenvalue weighted by Gasteiger charge is -2.20. The number of carbonyl (C=O) groups is 1. The zero-order valence-electron chi connectivity index (χ0n) is 18.9. The molecular formula is C27H23N3O3S. The molecule has 1 amide bonds. The summed E-state index contributed by atoms with van der Waals surface area (Å²) in [6.07, 6.45) is 1.72. The summed E-state index contributed by atoms with van der Waals surface area (Å²) in [5.74, 6) is 1.13. The van der Waals surface area contributed by atoms with Crippen LogP contribution in [0.4, 0.5) is 5.13 Å². The molecule has 0 aliphatic heterocycles. The second-order valence-electron chi connectivity index (χ2n) is 7.86. The van der Waals surface area contributed by atoms with Crippen LogP contribution in [0.3, 0.4) is 0 Å². The number of anilines is 1. The van der Waals surface area contributed by atoms with Gasteiger partial charge in [-0.2, -0.15) is 0 Å². The highest BCUT2D eigenvalue weighted by Crippen LogP contribution is 2.37. The van der Waals surface area contributed by atoms with Crippen LogP contribution in [0, 0.1) is 6.92 Å². The van der Waals surface area contributed by atoms with Gasteiger partial charge in [0.1, 0.15) is 17.0 Å². The summed E-state index contributed by atoms with van der Waals surface area (Å²) < 4.78 is 12.4. The largest absolute Gasteiger partial charge is 0.494 e. The number of aromatic nitrogens is 2. The van der Waals surface area contributed by atoms with Crippen molar-refractivity contribution in [3.8, 4) is 11.5 Å². The average Bonchev–Trinajstić information content (AvgIpc) is 3.33. The van der Waals surface area contributed by atoms with Crippen molar-refractivity contribution in [1.82, 2.24) is 9.97 Å². The Morgan fingerprint density at radius 2 is 1.82 bits per heavy atom. The highest BCUT2D eigenvalue weighted by molar-refractivity contribution is 7.22. The van der Waals surface area contributed by atoms with Crippen LogP contribution in [0.25, 0.3) is 21.0 Å². The van der Waals surface area contributed by atoms with E-state index in [0.29, 0.717) is 23.2 Å². The minimum absolute atomic E-state index is 0.114. The van der Waals surface area contributed by atoms with Crippen LogP contribution in [-0.4, -0.2) is 29.6 Å².